The summed E-state index contributed by atoms with van der Waals surface area (Å²) in [5.41, 5.74) is 0. The Balaban J connectivity index is 0. The Kier molecular flexibility index (Phi) is 16.4. The summed E-state index contributed by atoms with van der Waals surface area (Å²) in [6.45, 7) is 2.20. The fraction of sp³-hybridized carbons (Fsp3) is 0.857. The van der Waals surface area contributed by atoms with Gasteiger partial charge < -0.3 is 9.63 Å². The molecule has 1 atom stereocenters. The SMILES string of the molecule is CCCCCCCCOP(=O)(O)OC(=O)CCCCC(=O)O.[Cr]. The maximum Gasteiger partial charge on any atom is 0.529 e. The van der Waals surface area contributed by atoms with Crippen molar-refractivity contribution in [2.24, 2.45) is 0 Å². The van der Waals surface area contributed by atoms with Crippen LogP contribution in [0.3, 0.4) is 0 Å². The Labute approximate surface area is 148 Å². The van der Waals surface area contributed by atoms with Crippen LogP contribution in [0.1, 0.15) is 71.1 Å². The summed E-state index contributed by atoms with van der Waals surface area (Å²) in [4.78, 5) is 31.0. The molecule has 0 aromatic rings. The van der Waals surface area contributed by atoms with Gasteiger partial charge in [-0.3, -0.25) is 19.0 Å². The van der Waals surface area contributed by atoms with Crippen molar-refractivity contribution in [1.82, 2.24) is 0 Å². The number of rotatable bonds is 14. The van der Waals surface area contributed by atoms with Crippen LogP contribution in [-0.4, -0.2) is 28.5 Å². The largest absolute Gasteiger partial charge is 0.529 e. The van der Waals surface area contributed by atoms with Gasteiger partial charge in [0.2, 0.25) is 0 Å². The zero-order valence-corrected chi connectivity index (χ0v) is 15.7. The first-order chi connectivity index (χ1) is 10.4. The number of unbranched alkanes of at least 4 members (excludes halogenated alkanes) is 6. The minimum atomic E-state index is -4.34. The van der Waals surface area contributed by atoms with Crippen molar-refractivity contribution in [3.63, 3.8) is 0 Å². The van der Waals surface area contributed by atoms with E-state index in [4.69, 9.17) is 9.63 Å². The van der Waals surface area contributed by atoms with Crippen molar-refractivity contribution in [3.8, 4) is 0 Å². The second kappa shape index (κ2) is 15.2. The summed E-state index contributed by atoms with van der Waals surface area (Å²) in [5.74, 6) is -1.79. The van der Waals surface area contributed by atoms with Gasteiger partial charge in [-0.25, -0.2) is 4.57 Å². The number of phosphoric ester groups is 1. The van der Waals surface area contributed by atoms with Crippen LogP contribution in [0.25, 0.3) is 0 Å². The van der Waals surface area contributed by atoms with Crippen LogP contribution in [-0.2, 0) is 40.6 Å². The van der Waals surface area contributed by atoms with E-state index < -0.39 is 19.8 Å². The van der Waals surface area contributed by atoms with Gasteiger partial charge in [0.05, 0.1) is 6.61 Å². The molecule has 0 bridgehead atoms. The number of carbonyl (C=O) groups excluding carboxylic acids is 1. The number of hydrogen-bond acceptors (Lipinski definition) is 5. The topological polar surface area (TPSA) is 110 Å². The summed E-state index contributed by atoms with van der Waals surface area (Å²) in [6, 6.07) is 0. The van der Waals surface area contributed by atoms with Crippen LogP contribution in [0.2, 0.25) is 0 Å². The Bertz CT molecular complexity index is 376. The first-order valence-electron chi connectivity index (χ1n) is 7.79. The molecule has 0 saturated carbocycles. The number of aliphatic carboxylic acids is 1. The predicted molar refractivity (Wildman–Crippen MR) is 81.3 cm³/mol. The van der Waals surface area contributed by atoms with Gasteiger partial charge in [0.25, 0.3) is 0 Å². The molecule has 0 fully saturated rings. The molecule has 9 heteroatoms. The average Bonchev–Trinajstić information content (AvgIpc) is 2.42. The van der Waals surface area contributed by atoms with Crippen LogP contribution in [0.4, 0.5) is 0 Å². The van der Waals surface area contributed by atoms with Gasteiger partial charge in [-0.2, -0.15) is 0 Å². The molecule has 0 aliphatic heterocycles. The Hall–Kier alpha value is -0.378. The van der Waals surface area contributed by atoms with E-state index in [2.05, 4.69) is 11.4 Å². The van der Waals surface area contributed by atoms with Crippen molar-refractivity contribution in [1.29, 1.82) is 0 Å². The first kappa shape index (κ1) is 24.9. The molecular formula is C14H27CrO7P. The van der Waals surface area contributed by atoms with Gasteiger partial charge in [0.1, 0.15) is 0 Å². The average molecular weight is 390 g/mol. The van der Waals surface area contributed by atoms with E-state index in [9.17, 15) is 19.0 Å². The number of carboxylic acids is 1. The zero-order chi connectivity index (χ0) is 16.8. The molecule has 0 aromatic heterocycles. The molecule has 136 valence electrons. The van der Waals surface area contributed by atoms with Gasteiger partial charge in [0, 0.05) is 30.2 Å². The fourth-order valence-corrected chi connectivity index (χ4v) is 2.57. The molecule has 0 spiro atoms. The predicted octanol–water partition coefficient (Wildman–Crippen LogP) is 3.65. The third-order valence-electron chi connectivity index (χ3n) is 2.99. The van der Waals surface area contributed by atoms with E-state index in [1.54, 1.807) is 0 Å². The minimum Gasteiger partial charge on any atom is -0.481 e. The molecule has 0 saturated heterocycles. The second-order valence-corrected chi connectivity index (χ2v) is 6.51. The molecule has 0 heterocycles. The Morgan fingerprint density at radius 1 is 0.957 bits per heavy atom. The molecule has 7 nitrogen and oxygen atoms in total. The summed E-state index contributed by atoms with van der Waals surface area (Å²) >= 11 is 0. The third-order valence-corrected chi connectivity index (χ3v) is 3.93. The van der Waals surface area contributed by atoms with Crippen molar-refractivity contribution < 1.29 is 50.6 Å². The van der Waals surface area contributed by atoms with Gasteiger partial charge in [0.15, 0.2) is 0 Å². The molecule has 0 rings (SSSR count). The number of carboxylic acid groups (broad SMARTS) is 1. The molecule has 0 aromatic carbocycles. The molecule has 0 aliphatic carbocycles. The maximum atomic E-state index is 11.5. The molecule has 0 amide bonds. The van der Waals surface area contributed by atoms with E-state index >= 15 is 0 Å². The van der Waals surface area contributed by atoms with Crippen LogP contribution in [0.5, 0.6) is 0 Å². The van der Waals surface area contributed by atoms with E-state index in [1.165, 1.54) is 6.42 Å². The summed E-state index contributed by atoms with van der Waals surface area (Å²) in [5, 5.41) is 8.43. The van der Waals surface area contributed by atoms with Gasteiger partial charge >= 0.3 is 19.8 Å². The summed E-state index contributed by atoms with van der Waals surface area (Å²) in [6.07, 6.45) is 6.55. The van der Waals surface area contributed by atoms with Crippen LogP contribution < -0.4 is 0 Å². The molecular weight excluding hydrogens is 363 g/mol. The minimum absolute atomic E-state index is 0. The molecule has 23 heavy (non-hydrogen) atoms. The quantitative estimate of drug-likeness (QED) is 0.344. The van der Waals surface area contributed by atoms with E-state index in [0.717, 1.165) is 25.7 Å². The maximum absolute atomic E-state index is 11.5. The van der Waals surface area contributed by atoms with Crippen molar-refractivity contribution in [2.45, 2.75) is 71.1 Å². The van der Waals surface area contributed by atoms with E-state index in [1.807, 2.05) is 0 Å². The monoisotopic (exact) mass is 390 g/mol. The second-order valence-electron chi connectivity index (χ2n) is 5.13. The Morgan fingerprint density at radius 3 is 2.13 bits per heavy atom. The number of hydrogen-bond donors (Lipinski definition) is 2. The standard InChI is InChI=1S/C14H27O7P.Cr/c1-2-3-4-5-6-9-12-20-22(18,19)21-14(17)11-8-7-10-13(15)16;/h2-12H2,1H3,(H,15,16)(H,18,19);. The molecule has 2 N–H and O–H groups in total. The van der Waals surface area contributed by atoms with Crippen molar-refractivity contribution in [3.05, 3.63) is 0 Å². The molecule has 0 radical (unpaired) electrons. The van der Waals surface area contributed by atoms with Crippen molar-refractivity contribution in [2.75, 3.05) is 6.61 Å². The Morgan fingerprint density at radius 2 is 1.52 bits per heavy atom. The van der Waals surface area contributed by atoms with E-state index in [0.29, 0.717) is 19.3 Å². The van der Waals surface area contributed by atoms with Crippen molar-refractivity contribution >= 4 is 19.8 Å². The zero-order valence-electron chi connectivity index (χ0n) is 13.6. The first-order valence-corrected chi connectivity index (χ1v) is 9.28. The summed E-state index contributed by atoms with van der Waals surface area (Å²) < 4.78 is 20.6. The number of phosphoric acid groups is 1. The third kappa shape index (κ3) is 17.8. The smallest absolute Gasteiger partial charge is 0.481 e. The van der Waals surface area contributed by atoms with Crippen LogP contribution in [0.15, 0.2) is 0 Å². The van der Waals surface area contributed by atoms with E-state index in [-0.39, 0.29) is 36.8 Å². The fourth-order valence-electron chi connectivity index (χ4n) is 1.81. The van der Waals surface area contributed by atoms with Crippen LogP contribution in [0, 0.1) is 0 Å². The summed E-state index contributed by atoms with van der Waals surface area (Å²) in [7, 11) is -4.34. The van der Waals surface area contributed by atoms with Crippen LogP contribution >= 0.6 is 7.82 Å². The van der Waals surface area contributed by atoms with Gasteiger partial charge in [-0.15, -0.1) is 0 Å². The normalized spacial score (nSPS) is 13.0. The number of carbonyl (C=O) groups is 2. The van der Waals surface area contributed by atoms with Gasteiger partial charge in [-0.05, 0) is 19.3 Å². The molecule has 0 aliphatic rings. The molecule has 1 unspecified atom stereocenters. The van der Waals surface area contributed by atoms with Gasteiger partial charge in [-0.1, -0.05) is 39.0 Å².